The minimum absolute atomic E-state index is 0.0192. The second-order valence-electron chi connectivity index (χ2n) is 6.96. The lowest BCUT2D eigenvalue weighted by Gasteiger charge is -2.25. The van der Waals surface area contributed by atoms with Crippen LogP contribution < -0.4 is 5.32 Å². The van der Waals surface area contributed by atoms with E-state index in [1.165, 1.54) is 31.0 Å². The van der Waals surface area contributed by atoms with Gasteiger partial charge in [0, 0.05) is 6.04 Å². The number of hydrogen-bond acceptors (Lipinski definition) is 5. The van der Waals surface area contributed by atoms with Gasteiger partial charge in [-0.1, -0.05) is 79.6 Å². The number of carbonyl (C=O) groups is 1. The minimum Gasteiger partial charge on any atom is -0.352 e. The van der Waals surface area contributed by atoms with E-state index in [2.05, 4.69) is 20.8 Å². The zero-order chi connectivity index (χ0) is 19.2. The molecule has 1 amide bonds. The van der Waals surface area contributed by atoms with E-state index < -0.39 is 5.25 Å². The summed E-state index contributed by atoms with van der Waals surface area (Å²) in [6.45, 7) is 0. The Bertz CT molecular complexity index is 893. The summed E-state index contributed by atoms with van der Waals surface area (Å²) in [5.41, 5.74) is 1.82. The van der Waals surface area contributed by atoms with Crippen LogP contribution in [0.25, 0.3) is 5.69 Å². The van der Waals surface area contributed by atoms with Crippen molar-refractivity contribution < 1.29 is 4.79 Å². The summed E-state index contributed by atoms with van der Waals surface area (Å²) in [5.74, 6) is 0.0192. The molecule has 0 bridgehead atoms. The highest BCUT2D eigenvalue weighted by atomic mass is 32.2. The average molecular weight is 394 g/mol. The van der Waals surface area contributed by atoms with E-state index in [1.54, 1.807) is 4.68 Å². The van der Waals surface area contributed by atoms with Gasteiger partial charge in [0.2, 0.25) is 11.1 Å². The number of benzene rings is 2. The highest BCUT2D eigenvalue weighted by Crippen LogP contribution is 2.35. The molecular weight excluding hydrogens is 370 g/mol. The van der Waals surface area contributed by atoms with Crippen molar-refractivity contribution in [3.05, 3.63) is 66.2 Å². The van der Waals surface area contributed by atoms with Gasteiger partial charge in [0.1, 0.15) is 5.25 Å². The van der Waals surface area contributed by atoms with Crippen LogP contribution in [0.15, 0.2) is 65.8 Å². The zero-order valence-corrected chi connectivity index (χ0v) is 16.4. The third kappa shape index (κ3) is 4.42. The molecule has 0 aliphatic heterocycles. The molecule has 1 atom stereocenters. The van der Waals surface area contributed by atoms with Crippen LogP contribution in [0, 0.1) is 0 Å². The van der Waals surface area contributed by atoms with E-state index in [0.717, 1.165) is 24.1 Å². The monoisotopic (exact) mass is 393 g/mol. The van der Waals surface area contributed by atoms with Gasteiger partial charge in [-0.2, -0.15) is 4.68 Å². The number of rotatable bonds is 6. The van der Waals surface area contributed by atoms with Gasteiger partial charge in [-0.25, -0.2) is 0 Å². The smallest absolute Gasteiger partial charge is 0.238 e. The van der Waals surface area contributed by atoms with Gasteiger partial charge < -0.3 is 5.32 Å². The summed E-state index contributed by atoms with van der Waals surface area (Å²) < 4.78 is 1.68. The van der Waals surface area contributed by atoms with Crippen LogP contribution in [0.5, 0.6) is 0 Å². The van der Waals surface area contributed by atoms with Gasteiger partial charge in [0.25, 0.3) is 0 Å². The molecule has 1 heterocycles. The van der Waals surface area contributed by atoms with Crippen molar-refractivity contribution in [3.63, 3.8) is 0 Å². The van der Waals surface area contributed by atoms with E-state index in [0.29, 0.717) is 5.16 Å². The van der Waals surface area contributed by atoms with Crippen molar-refractivity contribution >= 4 is 17.7 Å². The van der Waals surface area contributed by atoms with Crippen molar-refractivity contribution in [2.24, 2.45) is 0 Å². The van der Waals surface area contributed by atoms with Gasteiger partial charge >= 0.3 is 0 Å². The largest absolute Gasteiger partial charge is 0.352 e. The molecule has 144 valence electrons. The Morgan fingerprint density at radius 2 is 1.68 bits per heavy atom. The third-order valence-electron chi connectivity index (χ3n) is 4.96. The number of amides is 1. The van der Waals surface area contributed by atoms with E-state index >= 15 is 0 Å². The van der Waals surface area contributed by atoms with Crippen LogP contribution in [0.4, 0.5) is 0 Å². The molecule has 0 radical (unpaired) electrons. The Labute approximate surface area is 168 Å². The predicted molar refractivity (Wildman–Crippen MR) is 109 cm³/mol. The molecule has 28 heavy (non-hydrogen) atoms. The molecule has 1 N–H and O–H groups in total. The second kappa shape index (κ2) is 9.01. The molecule has 1 saturated carbocycles. The summed E-state index contributed by atoms with van der Waals surface area (Å²) in [4.78, 5) is 13.2. The molecule has 4 rings (SSSR count). The quantitative estimate of drug-likeness (QED) is 0.642. The number of hydrogen-bond donors (Lipinski definition) is 1. The first kappa shape index (κ1) is 18.7. The maximum Gasteiger partial charge on any atom is 0.238 e. The lowest BCUT2D eigenvalue weighted by Crippen LogP contribution is -2.38. The number of nitrogens with one attached hydrogen (secondary N) is 1. The maximum atomic E-state index is 13.2. The van der Waals surface area contributed by atoms with Gasteiger partial charge in [0.05, 0.1) is 5.69 Å². The fourth-order valence-electron chi connectivity index (χ4n) is 3.51. The lowest BCUT2D eigenvalue weighted by atomic mass is 9.95. The first-order valence-corrected chi connectivity index (χ1v) is 10.5. The molecule has 1 aromatic heterocycles. The maximum absolute atomic E-state index is 13.2. The lowest BCUT2D eigenvalue weighted by molar-refractivity contribution is -0.121. The molecular formula is C21H23N5OS. The third-order valence-corrected chi connectivity index (χ3v) is 6.14. The molecule has 1 aliphatic carbocycles. The minimum atomic E-state index is -0.406. The van der Waals surface area contributed by atoms with Gasteiger partial charge in [-0.05, 0) is 41.0 Å². The molecule has 2 aromatic carbocycles. The fraction of sp³-hybridized carbons (Fsp3) is 0.333. The average Bonchev–Trinajstić information content (AvgIpc) is 3.22. The topological polar surface area (TPSA) is 72.7 Å². The van der Waals surface area contributed by atoms with Crippen LogP contribution in [-0.4, -0.2) is 32.2 Å². The SMILES string of the molecule is O=C(NC1CCCCC1)C(Sc1nnnn1-c1ccccc1)c1ccccc1. The van der Waals surface area contributed by atoms with Crippen LogP contribution in [-0.2, 0) is 4.79 Å². The van der Waals surface area contributed by atoms with Crippen molar-refractivity contribution in [2.75, 3.05) is 0 Å². The standard InChI is InChI=1S/C21H23N5OS/c27-20(22-17-12-6-2-7-13-17)19(16-10-4-1-5-11-16)28-21-23-24-25-26(21)18-14-8-3-9-15-18/h1,3-5,8-11,14-15,17,19H,2,6-7,12-13H2,(H,22,27). The zero-order valence-electron chi connectivity index (χ0n) is 15.6. The normalized spacial score (nSPS) is 15.9. The molecule has 1 aliphatic rings. The number of tetrazole rings is 1. The predicted octanol–water partition coefficient (Wildman–Crippen LogP) is 3.94. The summed E-state index contributed by atoms with van der Waals surface area (Å²) in [7, 11) is 0. The van der Waals surface area contributed by atoms with E-state index in [4.69, 9.17) is 0 Å². The van der Waals surface area contributed by atoms with E-state index in [9.17, 15) is 4.79 Å². The van der Waals surface area contributed by atoms with E-state index in [1.807, 2.05) is 60.7 Å². The second-order valence-corrected chi connectivity index (χ2v) is 8.03. The number of nitrogens with zero attached hydrogens (tertiary/aromatic N) is 4. The number of para-hydroxylation sites is 1. The Morgan fingerprint density at radius 1 is 1.00 bits per heavy atom. The Kier molecular flexibility index (Phi) is 6.01. The molecule has 0 saturated heterocycles. The summed E-state index contributed by atoms with van der Waals surface area (Å²) in [6.07, 6.45) is 5.73. The fourth-order valence-corrected chi connectivity index (χ4v) is 4.52. The summed E-state index contributed by atoms with van der Waals surface area (Å²) in [5, 5.41) is 15.6. The van der Waals surface area contributed by atoms with Gasteiger partial charge in [-0.3, -0.25) is 4.79 Å². The van der Waals surface area contributed by atoms with Crippen molar-refractivity contribution in [1.29, 1.82) is 0 Å². The number of carbonyl (C=O) groups excluding carboxylic acids is 1. The highest BCUT2D eigenvalue weighted by molar-refractivity contribution is 8.00. The van der Waals surface area contributed by atoms with Gasteiger partial charge in [-0.15, -0.1) is 5.10 Å². The molecule has 0 spiro atoms. The molecule has 1 unspecified atom stereocenters. The van der Waals surface area contributed by atoms with Crippen molar-refractivity contribution in [2.45, 2.75) is 48.6 Å². The number of thioether (sulfide) groups is 1. The number of aromatic nitrogens is 4. The van der Waals surface area contributed by atoms with Crippen molar-refractivity contribution in [1.82, 2.24) is 25.5 Å². The first-order valence-electron chi connectivity index (χ1n) is 9.67. The molecule has 3 aromatic rings. The Morgan fingerprint density at radius 3 is 2.39 bits per heavy atom. The Balaban J connectivity index is 1.58. The molecule has 7 heteroatoms. The van der Waals surface area contributed by atoms with Crippen LogP contribution in [0.3, 0.4) is 0 Å². The van der Waals surface area contributed by atoms with Crippen LogP contribution in [0.1, 0.15) is 42.9 Å². The van der Waals surface area contributed by atoms with E-state index in [-0.39, 0.29) is 11.9 Å². The van der Waals surface area contributed by atoms with Crippen LogP contribution in [0.2, 0.25) is 0 Å². The molecule has 6 nitrogen and oxygen atoms in total. The summed E-state index contributed by atoms with van der Waals surface area (Å²) >= 11 is 1.38. The van der Waals surface area contributed by atoms with Crippen LogP contribution >= 0.6 is 11.8 Å². The molecule has 1 fully saturated rings. The van der Waals surface area contributed by atoms with Gasteiger partial charge in [0.15, 0.2) is 0 Å². The summed E-state index contributed by atoms with van der Waals surface area (Å²) in [6, 6.07) is 19.8. The Hall–Kier alpha value is -2.67. The van der Waals surface area contributed by atoms with Crippen molar-refractivity contribution in [3.8, 4) is 5.69 Å². The highest BCUT2D eigenvalue weighted by Gasteiger charge is 2.27. The first-order chi connectivity index (χ1) is 13.8.